The third kappa shape index (κ3) is 2.35. The quantitative estimate of drug-likeness (QED) is 0.835. The molecule has 2 N–H and O–H groups in total. The maximum atomic E-state index is 12.0. The van der Waals surface area contributed by atoms with Gasteiger partial charge in [-0.2, -0.15) is 0 Å². The fourth-order valence-electron chi connectivity index (χ4n) is 2.58. The minimum Gasteiger partial charge on any atom is -0.490 e. The van der Waals surface area contributed by atoms with Gasteiger partial charge in [0.25, 0.3) is 0 Å². The molecule has 0 aliphatic carbocycles. The normalized spacial score (nSPS) is 21.7. The first kappa shape index (κ1) is 14.4. The summed E-state index contributed by atoms with van der Waals surface area (Å²) < 4.78 is 5.41. The number of nitrogens with zero attached hydrogens (tertiary/aromatic N) is 3. The standard InChI is InChI=1S/C13H21N5O2/c1-13(12(19)15-3)5-6-18(7-13)11-9(20-4)10(14-2)16-8-17-11/h8H,5-7H2,1-4H3,(H,15,19)(H,14,16,17). The Morgan fingerprint density at radius 2 is 2.20 bits per heavy atom. The molecule has 1 aliphatic rings. The molecule has 20 heavy (non-hydrogen) atoms. The van der Waals surface area contributed by atoms with Crippen LogP contribution in [0.4, 0.5) is 11.6 Å². The van der Waals surface area contributed by atoms with Crippen molar-refractivity contribution in [3.8, 4) is 5.75 Å². The highest BCUT2D eigenvalue weighted by Crippen LogP contribution is 2.38. The van der Waals surface area contributed by atoms with Gasteiger partial charge in [-0.05, 0) is 13.3 Å². The van der Waals surface area contributed by atoms with Crippen molar-refractivity contribution < 1.29 is 9.53 Å². The second-order valence-corrected chi connectivity index (χ2v) is 5.14. The van der Waals surface area contributed by atoms with E-state index in [-0.39, 0.29) is 5.91 Å². The van der Waals surface area contributed by atoms with E-state index in [1.807, 2.05) is 6.92 Å². The van der Waals surface area contributed by atoms with Crippen molar-refractivity contribution in [3.05, 3.63) is 6.33 Å². The average Bonchev–Trinajstić information content (AvgIpc) is 2.88. The summed E-state index contributed by atoms with van der Waals surface area (Å²) >= 11 is 0. The molecular formula is C13H21N5O2. The molecule has 1 aromatic rings. The number of anilines is 2. The lowest BCUT2D eigenvalue weighted by Gasteiger charge is -2.24. The molecule has 1 aromatic heterocycles. The average molecular weight is 279 g/mol. The molecule has 2 rings (SSSR count). The lowest BCUT2D eigenvalue weighted by molar-refractivity contribution is -0.128. The van der Waals surface area contributed by atoms with Gasteiger partial charge in [-0.15, -0.1) is 0 Å². The number of carbonyl (C=O) groups is 1. The van der Waals surface area contributed by atoms with E-state index in [0.717, 1.165) is 18.8 Å². The summed E-state index contributed by atoms with van der Waals surface area (Å²) in [5.74, 6) is 2.03. The predicted octanol–water partition coefficient (Wildman–Crippen LogP) is 0.489. The van der Waals surface area contributed by atoms with Crippen molar-refractivity contribution in [1.29, 1.82) is 0 Å². The van der Waals surface area contributed by atoms with E-state index in [9.17, 15) is 4.79 Å². The first-order valence-electron chi connectivity index (χ1n) is 6.59. The van der Waals surface area contributed by atoms with Crippen molar-refractivity contribution in [3.63, 3.8) is 0 Å². The van der Waals surface area contributed by atoms with Crippen molar-refractivity contribution in [2.24, 2.45) is 5.41 Å². The van der Waals surface area contributed by atoms with E-state index < -0.39 is 5.41 Å². The zero-order chi connectivity index (χ0) is 14.8. The molecule has 0 spiro atoms. The van der Waals surface area contributed by atoms with E-state index in [0.29, 0.717) is 18.1 Å². The molecule has 1 aliphatic heterocycles. The molecule has 0 bridgehead atoms. The summed E-state index contributed by atoms with van der Waals surface area (Å²) in [6.45, 7) is 3.35. The van der Waals surface area contributed by atoms with Gasteiger partial charge < -0.3 is 20.3 Å². The Balaban J connectivity index is 2.29. The molecule has 0 saturated carbocycles. The maximum Gasteiger partial charge on any atom is 0.227 e. The summed E-state index contributed by atoms with van der Waals surface area (Å²) in [6, 6.07) is 0. The van der Waals surface area contributed by atoms with Gasteiger partial charge in [0, 0.05) is 27.2 Å². The molecule has 7 nitrogen and oxygen atoms in total. The molecule has 1 atom stereocenters. The Morgan fingerprint density at radius 1 is 1.45 bits per heavy atom. The van der Waals surface area contributed by atoms with Crippen LogP contribution in [-0.4, -0.2) is 50.2 Å². The van der Waals surface area contributed by atoms with Crippen LogP contribution < -0.4 is 20.3 Å². The number of hydrogen-bond donors (Lipinski definition) is 2. The number of rotatable bonds is 4. The van der Waals surface area contributed by atoms with Crippen LogP contribution in [0.3, 0.4) is 0 Å². The molecule has 7 heteroatoms. The Kier molecular flexibility index (Phi) is 3.96. The Labute approximate surface area is 118 Å². The second kappa shape index (κ2) is 5.52. The van der Waals surface area contributed by atoms with Gasteiger partial charge in [-0.25, -0.2) is 9.97 Å². The smallest absolute Gasteiger partial charge is 0.227 e. The molecule has 2 heterocycles. The highest BCUT2D eigenvalue weighted by atomic mass is 16.5. The van der Waals surface area contributed by atoms with Gasteiger partial charge in [-0.1, -0.05) is 0 Å². The minimum atomic E-state index is -0.398. The number of amides is 1. The van der Waals surface area contributed by atoms with Crippen LogP contribution in [0.25, 0.3) is 0 Å². The van der Waals surface area contributed by atoms with E-state index >= 15 is 0 Å². The monoisotopic (exact) mass is 279 g/mol. The zero-order valence-corrected chi connectivity index (χ0v) is 12.4. The van der Waals surface area contributed by atoms with Crippen LogP contribution in [0.15, 0.2) is 6.33 Å². The van der Waals surface area contributed by atoms with Gasteiger partial charge in [0.05, 0.1) is 12.5 Å². The third-order valence-electron chi connectivity index (χ3n) is 3.77. The lowest BCUT2D eigenvalue weighted by atomic mass is 9.89. The summed E-state index contributed by atoms with van der Waals surface area (Å²) in [4.78, 5) is 22.5. The number of hydrogen-bond acceptors (Lipinski definition) is 6. The highest BCUT2D eigenvalue weighted by molar-refractivity contribution is 5.83. The van der Waals surface area contributed by atoms with Crippen LogP contribution in [0.1, 0.15) is 13.3 Å². The number of ether oxygens (including phenoxy) is 1. The number of methoxy groups -OCH3 is 1. The molecule has 1 saturated heterocycles. The fourth-order valence-corrected chi connectivity index (χ4v) is 2.58. The van der Waals surface area contributed by atoms with Crippen molar-refractivity contribution in [2.75, 3.05) is 44.5 Å². The SMILES string of the molecule is CNC(=O)C1(C)CCN(c2ncnc(NC)c2OC)C1. The molecule has 1 fully saturated rings. The number of aromatic nitrogens is 2. The van der Waals surface area contributed by atoms with Crippen LogP contribution in [0, 0.1) is 5.41 Å². The van der Waals surface area contributed by atoms with Crippen molar-refractivity contribution in [2.45, 2.75) is 13.3 Å². The molecule has 0 aromatic carbocycles. The topological polar surface area (TPSA) is 79.4 Å². The zero-order valence-electron chi connectivity index (χ0n) is 12.4. The van der Waals surface area contributed by atoms with E-state index in [2.05, 4.69) is 25.5 Å². The van der Waals surface area contributed by atoms with Crippen LogP contribution >= 0.6 is 0 Å². The van der Waals surface area contributed by atoms with Gasteiger partial charge in [0.2, 0.25) is 11.7 Å². The predicted molar refractivity (Wildman–Crippen MR) is 77.1 cm³/mol. The third-order valence-corrected chi connectivity index (χ3v) is 3.77. The molecule has 0 radical (unpaired) electrons. The first-order chi connectivity index (χ1) is 9.55. The molecule has 110 valence electrons. The maximum absolute atomic E-state index is 12.0. The Hall–Kier alpha value is -2.05. The van der Waals surface area contributed by atoms with Crippen LogP contribution in [0.2, 0.25) is 0 Å². The molecule has 1 unspecified atom stereocenters. The van der Waals surface area contributed by atoms with E-state index in [1.54, 1.807) is 21.2 Å². The Bertz CT molecular complexity index is 508. The summed E-state index contributed by atoms with van der Waals surface area (Å²) in [5.41, 5.74) is -0.398. The van der Waals surface area contributed by atoms with Crippen molar-refractivity contribution >= 4 is 17.5 Å². The summed E-state index contributed by atoms with van der Waals surface area (Å²) in [5, 5.41) is 5.71. The van der Waals surface area contributed by atoms with Crippen LogP contribution in [0.5, 0.6) is 5.75 Å². The van der Waals surface area contributed by atoms with Gasteiger partial charge in [-0.3, -0.25) is 4.79 Å². The van der Waals surface area contributed by atoms with Gasteiger partial charge >= 0.3 is 0 Å². The molecular weight excluding hydrogens is 258 g/mol. The van der Waals surface area contributed by atoms with Gasteiger partial charge in [0.15, 0.2) is 11.6 Å². The van der Waals surface area contributed by atoms with Gasteiger partial charge in [0.1, 0.15) is 6.33 Å². The highest BCUT2D eigenvalue weighted by Gasteiger charge is 2.41. The fraction of sp³-hybridized carbons (Fsp3) is 0.615. The lowest BCUT2D eigenvalue weighted by Crippen LogP contribution is -2.39. The first-order valence-corrected chi connectivity index (χ1v) is 6.59. The minimum absolute atomic E-state index is 0.0573. The molecule has 1 amide bonds. The van der Waals surface area contributed by atoms with Crippen molar-refractivity contribution in [1.82, 2.24) is 15.3 Å². The van der Waals surface area contributed by atoms with E-state index in [4.69, 9.17) is 4.74 Å². The Morgan fingerprint density at radius 3 is 2.80 bits per heavy atom. The number of nitrogens with one attached hydrogen (secondary N) is 2. The summed E-state index contributed by atoms with van der Waals surface area (Å²) in [7, 11) is 5.05. The largest absolute Gasteiger partial charge is 0.490 e. The summed E-state index contributed by atoms with van der Waals surface area (Å²) in [6.07, 6.45) is 2.29. The van der Waals surface area contributed by atoms with E-state index in [1.165, 1.54) is 6.33 Å². The number of carbonyl (C=O) groups excluding carboxylic acids is 1. The van der Waals surface area contributed by atoms with Crippen LogP contribution in [-0.2, 0) is 4.79 Å². The second-order valence-electron chi connectivity index (χ2n) is 5.14.